The van der Waals surface area contributed by atoms with Crippen LogP contribution in [0.4, 0.5) is 4.79 Å². The molecule has 2 aliphatic rings. The number of piperidine rings is 1. The normalized spacial score (nSPS) is 20.6. The number of nitrogens with one attached hydrogen (secondary N) is 1. The minimum Gasteiger partial charge on any atom is -0.480 e. The van der Waals surface area contributed by atoms with Crippen LogP contribution in [-0.4, -0.2) is 65.7 Å². The van der Waals surface area contributed by atoms with Crippen molar-refractivity contribution in [1.29, 1.82) is 0 Å². The molecule has 1 heterocycles. The van der Waals surface area contributed by atoms with Crippen molar-refractivity contribution in [3.8, 4) is 0 Å². The van der Waals surface area contributed by atoms with Crippen molar-refractivity contribution in [3.05, 3.63) is 0 Å². The molecule has 0 aromatic rings. The van der Waals surface area contributed by atoms with Gasteiger partial charge in [-0.05, 0) is 50.0 Å². The fourth-order valence-electron chi connectivity index (χ4n) is 4.48. The number of nitrogens with zero attached hydrogens (tertiary/aromatic N) is 2. The predicted molar refractivity (Wildman–Crippen MR) is 98.6 cm³/mol. The number of carboxylic acid groups (broad SMARTS) is 1. The Labute approximate surface area is 151 Å². The molecule has 6 nitrogen and oxygen atoms in total. The van der Waals surface area contributed by atoms with Gasteiger partial charge in [0, 0.05) is 25.7 Å². The minimum atomic E-state index is -0.780. The third kappa shape index (κ3) is 5.59. The third-order valence-electron chi connectivity index (χ3n) is 5.88. The van der Waals surface area contributed by atoms with Crippen LogP contribution in [0.1, 0.15) is 59.3 Å². The van der Waals surface area contributed by atoms with Gasteiger partial charge in [-0.15, -0.1) is 0 Å². The molecule has 0 aromatic heterocycles. The van der Waals surface area contributed by atoms with Gasteiger partial charge >= 0.3 is 12.0 Å². The molecule has 1 aliphatic carbocycles. The first kappa shape index (κ1) is 20.0. The number of likely N-dealkylation sites (N-methyl/N-ethyl adjacent to an activating group) is 1. The first-order chi connectivity index (χ1) is 11.8. The summed E-state index contributed by atoms with van der Waals surface area (Å²) in [5, 5.41) is 12.2. The highest BCUT2D eigenvalue weighted by Gasteiger charge is 2.38. The number of hydrogen-bond donors (Lipinski definition) is 2. The Morgan fingerprint density at radius 1 is 1.28 bits per heavy atom. The molecule has 0 aromatic carbocycles. The second-order valence-electron chi connectivity index (χ2n) is 8.29. The van der Waals surface area contributed by atoms with E-state index < -0.39 is 5.97 Å². The van der Waals surface area contributed by atoms with Crippen LogP contribution in [0.15, 0.2) is 0 Å². The molecule has 1 saturated heterocycles. The molecule has 2 N–H and O–H groups in total. The lowest BCUT2D eigenvalue weighted by molar-refractivity contribution is -0.139. The quantitative estimate of drug-likeness (QED) is 0.704. The highest BCUT2D eigenvalue weighted by molar-refractivity contribution is 5.74. The minimum absolute atomic E-state index is 0.0507. The zero-order valence-corrected chi connectivity index (χ0v) is 16.1. The number of amides is 2. The molecule has 0 atom stereocenters. The molecule has 25 heavy (non-hydrogen) atoms. The smallest absolute Gasteiger partial charge is 0.317 e. The molecule has 2 amide bonds. The number of rotatable bonds is 8. The summed E-state index contributed by atoms with van der Waals surface area (Å²) in [5.74, 6) is -0.111. The van der Waals surface area contributed by atoms with Crippen molar-refractivity contribution in [3.63, 3.8) is 0 Å². The number of likely N-dealkylation sites (tertiary alicyclic amines) is 1. The summed E-state index contributed by atoms with van der Waals surface area (Å²) in [7, 11) is 0. The van der Waals surface area contributed by atoms with Crippen molar-refractivity contribution >= 4 is 12.0 Å². The molecular formula is C19H35N3O3. The van der Waals surface area contributed by atoms with E-state index in [1.165, 1.54) is 25.7 Å². The summed E-state index contributed by atoms with van der Waals surface area (Å²) in [6.07, 6.45) is 6.64. The van der Waals surface area contributed by atoms with Gasteiger partial charge in [-0.2, -0.15) is 0 Å². The van der Waals surface area contributed by atoms with Crippen molar-refractivity contribution in [2.45, 2.75) is 65.3 Å². The van der Waals surface area contributed by atoms with Crippen LogP contribution in [0.5, 0.6) is 0 Å². The van der Waals surface area contributed by atoms with Crippen LogP contribution in [0, 0.1) is 11.3 Å². The summed E-state index contributed by atoms with van der Waals surface area (Å²) >= 11 is 0. The Morgan fingerprint density at radius 2 is 1.92 bits per heavy atom. The average molecular weight is 354 g/mol. The van der Waals surface area contributed by atoms with E-state index >= 15 is 0 Å². The summed E-state index contributed by atoms with van der Waals surface area (Å²) in [6, 6.07) is 0.318. The molecule has 0 radical (unpaired) electrons. The lowest BCUT2D eigenvalue weighted by Crippen LogP contribution is -2.52. The molecule has 0 bridgehead atoms. The molecule has 1 saturated carbocycles. The largest absolute Gasteiger partial charge is 0.480 e. The van der Waals surface area contributed by atoms with E-state index in [4.69, 9.17) is 5.11 Å². The summed E-state index contributed by atoms with van der Waals surface area (Å²) in [5.41, 5.74) is 0.322. The molecular weight excluding hydrogens is 318 g/mol. The van der Waals surface area contributed by atoms with Crippen LogP contribution < -0.4 is 5.32 Å². The van der Waals surface area contributed by atoms with Crippen molar-refractivity contribution in [1.82, 2.24) is 15.1 Å². The number of urea groups is 1. The first-order valence-electron chi connectivity index (χ1n) is 9.84. The zero-order chi connectivity index (χ0) is 18.4. The van der Waals surface area contributed by atoms with Gasteiger partial charge in [0.2, 0.25) is 0 Å². The fourth-order valence-corrected chi connectivity index (χ4v) is 4.48. The molecule has 2 fully saturated rings. The average Bonchev–Trinajstić information content (AvgIpc) is 2.54. The Bertz CT molecular complexity index is 455. The highest BCUT2D eigenvalue weighted by Crippen LogP contribution is 2.45. The van der Waals surface area contributed by atoms with Gasteiger partial charge in [0.15, 0.2) is 0 Å². The first-order valence-corrected chi connectivity index (χ1v) is 9.84. The number of carbonyl (C=O) groups is 2. The molecule has 6 heteroatoms. The maximum absolute atomic E-state index is 12.5. The topological polar surface area (TPSA) is 72.9 Å². The Balaban J connectivity index is 1.76. The molecule has 144 valence electrons. The van der Waals surface area contributed by atoms with Crippen molar-refractivity contribution in [2.24, 2.45) is 11.3 Å². The Hall–Kier alpha value is -1.30. The summed E-state index contributed by atoms with van der Waals surface area (Å²) < 4.78 is 0. The van der Waals surface area contributed by atoms with E-state index in [1.54, 1.807) is 0 Å². The maximum atomic E-state index is 12.5. The van der Waals surface area contributed by atoms with Gasteiger partial charge in [-0.25, -0.2) is 4.79 Å². The van der Waals surface area contributed by atoms with Gasteiger partial charge in [-0.1, -0.05) is 27.2 Å². The van der Waals surface area contributed by atoms with E-state index in [1.807, 2.05) is 16.7 Å². The lowest BCUT2D eigenvalue weighted by atomic mass is 9.64. The number of hydrogen-bond acceptors (Lipinski definition) is 3. The Morgan fingerprint density at radius 3 is 2.36 bits per heavy atom. The van der Waals surface area contributed by atoms with E-state index in [9.17, 15) is 9.59 Å². The maximum Gasteiger partial charge on any atom is 0.317 e. The zero-order valence-electron chi connectivity index (χ0n) is 16.1. The van der Waals surface area contributed by atoms with E-state index in [2.05, 4.69) is 19.2 Å². The highest BCUT2D eigenvalue weighted by atomic mass is 16.4. The predicted octanol–water partition coefficient (Wildman–Crippen LogP) is 2.78. The van der Waals surface area contributed by atoms with E-state index in [0.717, 1.165) is 25.9 Å². The van der Waals surface area contributed by atoms with Gasteiger partial charge < -0.3 is 15.3 Å². The summed E-state index contributed by atoms with van der Waals surface area (Å²) in [6.45, 7) is 9.55. The van der Waals surface area contributed by atoms with Gasteiger partial charge in [-0.3, -0.25) is 9.69 Å². The Kier molecular flexibility index (Phi) is 7.11. The monoisotopic (exact) mass is 353 g/mol. The lowest BCUT2D eigenvalue weighted by Gasteiger charge is -2.44. The SMILES string of the molecule is CCN(CC(=O)O)C1CCN(C(=O)NCC2(CC(C)C)CCC2)CC1. The van der Waals surface area contributed by atoms with Crippen LogP contribution >= 0.6 is 0 Å². The summed E-state index contributed by atoms with van der Waals surface area (Å²) in [4.78, 5) is 27.4. The van der Waals surface area contributed by atoms with Gasteiger partial charge in [0.05, 0.1) is 6.54 Å². The molecule has 1 aliphatic heterocycles. The van der Waals surface area contributed by atoms with Crippen LogP contribution in [0.25, 0.3) is 0 Å². The van der Waals surface area contributed by atoms with Crippen molar-refractivity contribution < 1.29 is 14.7 Å². The molecule has 0 spiro atoms. The molecule has 2 rings (SSSR count). The van der Waals surface area contributed by atoms with Crippen LogP contribution in [-0.2, 0) is 4.79 Å². The third-order valence-corrected chi connectivity index (χ3v) is 5.88. The van der Waals surface area contributed by atoms with Gasteiger partial charge in [0.25, 0.3) is 0 Å². The standard InChI is InChI=1S/C19H35N3O3/c1-4-21(13-17(23)24)16-6-10-22(11-7-16)18(25)20-14-19(8-5-9-19)12-15(2)3/h15-16H,4-14H2,1-3H3,(H,20,25)(H,23,24). The second kappa shape index (κ2) is 8.88. The van der Waals surface area contributed by atoms with Crippen LogP contribution in [0.2, 0.25) is 0 Å². The van der Waals surface area contributed by atoms with Crippen molar-refractivity contribution in [2.75, 3.05) is 32.7 Å². The number of carbonyl (C=O) groups excluding carboxylic acids is 1. The second-order valence-corrected chi connectivity index (χ2v) is 8.29. The fraction of sp³-hybridized carbons (Fsp3) is 0.895. The van der Waals surface area contributed by atoms with E-state index in [0.29, 0.717) is 24.4 Å². The molecule has 0 unspecified atom stereocenters. The number of carboxylic acids is 1. The van der Waals surface area contributed by atoms with Gasteiger partial charge in [0.1, 0.15) is 0 Å². The van der Waals surface area contributed by atoms with E-state index in [-0.39, 0.29) is 18.6 Å². The van der Waals surface area contributed by atoms with Crippen LogP contribution in [0.3, 0.4) is 0 Å². The number of aliphatic carboxylic acids is 1.